The fourth-order valence-electron chi connectivity index (χ4n) is 1.22. The van der Waals surface area contributed by atoms with Crippen molar-refractivity contribution in [3.05, 3.63) is 34.9 Å². The molecule has 1 aromatic carbocycles. The van der Waals surface area contributed by atoms with Gasteiger partial charge in [0.1, 0.15) is 0 Å². The molecule has 0 amide bonds. The highest BCUT2D eigenvalue weighted by atomic mass is 35.5. The lowest BCUT2D eigenvalue weighted by Gasteiger charge is -2.11. The van der Waals surface area contributed by atoms with Gasteiger partial charge in [-0.2, -0.15) is 0 Å². The van der Waals surface area contributed by atoms with Gasteiger partial charge in [-0.05, 0) is 17.7 Å². The van der Waals surface area contributed by atoms with Crippen molar-refractivity contribution in [2.75, 3.05) is 26.8 Å². The van der Waals surface area contributed by atoms with E-state index in [1.165, 1.54) is 0 Å². The summed E-state index contributed by atoms with van der Waals surface area (Å²) in [5.74, 6) is 0. The van der Waals surface area contributed by atoms with Crippen LogP contribution in [-0.2, 0) is 4.74 Å². The van der Waals surface area contributed by atoms with Gasteiger partial charge in [0.05, 0.1) is 12.7 Å². The molecule has 0 aromatic heterocycles. The number of aliphatic hydroxyl groups is 1. The van der Waals surface area contributed by atoms with Gasteiger partial charge in [-0.15, -0.1) is 0 Å². The molecule has 1 atom stereocenters. The summed E-state index contributed by atoms with van der Waals surface area (Å²) >= 11 is 5.75. The molecule has 2 N–H and O–H groups in total. The number of hydrogen-bond donors (Lipinski definition) is 2. The van der Waals surface area contributed by atoms with E-state index < -0.39 is 6.10 Å². The molecule has 0 bridgehead atoms. The van der Waals surface area contributed by atoms with Crippen LogP contribution in [0, 0.1) is 0 Å². The molecule has 1 unspecified atom stereocenters. The third-order valence-corrected chi connectivity index (χ3v) is 2.33. The number of hydrogen-bond acceptors (Lipinski definition) is 3. The highest BCUT2D eigenvalue weighted by molar-refractivity contribution is 6.30. The summed E-state index contributed by atoms with van der Waals surface area (Å²) < 4.78 is 4.88. The Morgan fingerprint density at radius 2 is 2.07 bits per heavy atom. The SMILES string of the molecule is COCCNCC(O)c1ccc(Cl)cc1. The van der Waals surface area contributed by atoms with Crippen molar-refractivity contribution in [2.45, 2.75) is 6.10 Å². The number of halogens is 1. The number of nitrogens with one attached hydrogen (secondary N) is 1. The molecule has 0 spiro atoms. The average Bonchev–Trinajstić information content (AvgIpc) is 2.25. The Hall–Kier alpha value is -0.610. The Morgan fingerprint density at radius 1 is 1.40 bits per heavy atom. The van der Waals surface area contributed by atoms with E-state index in [2.05, 4.69) is 5.32 Å². The third-order valence-electron chi connectivity index (χ3n) is 2.08. The first-order chi connectivity index (χ1) is 7.24. The number of ether oxygens (including phenoxy) is 1. The van der Waals surface area contributed by atoms with E-state index in [4.69, 9.17) is 16.3 Å². The summed E-state index contributed by atoms with van der Waals surface area (Å²) in [4.78, 5) is 0. The van der Waals surface area contributed by atoms with Crippen LogP contribution >= 0.6 is 11.6 Å². The zero-order valence-corrected chi connectivity index (χ0v) is 9.50. The predicted octanol–water partition coefficient (Wildman–Crippen LogP) is 1.61. The minimum absolute atomic E-state index is 0.501. The molecule has 3 nitrogen and oxygen atoms in total. The molecular formula is C11H16ClNO2. The quantitative estimate of drug-likeness (QED) is 0.729. The molecule has 15 heavy (non-hydrogen) atoms. The lowest BCUT2D eigenvalue weighted by atomic mass is 10.1. The van der Waals surface area contributed by atoms with E-state index in [0.29, 0.717) is 18.2 Å². The van der Waals surface area contributed by atoms with Crippen molar-refractivity contribution in [1.29, 1.82) is 0 Å². The molecule has 0 radical (unpaired) electrons. The molecule has 0 fully saturated rings. The molecule has 0 saturated carbocycles. The van der Waals surface area contributed by atoms with E-state index >= 15 is 0 Å². The Bertz CT molecular complexity index is 276. The van der Waals surface area contributed by atoms with Gasteiger partial charge in [-0.1, -0.05) is 23.7 Å². The lowest BCUT2D eigenvalue weighted by molar-refractivity contribution is 0.161. The maximum Gasteiger partial charge on any atom is 0.0914 e. The van der Waals surface area contributed by atoms with Crippen molar-refractivity contribution < 1.29 is 9.84 Å². The monoisotopic (exact) mass is 229 g/mol. The Labute approximate surface area is 95.0 Å². The molecule has 1 aromatic rings. The Balaban J connectivity index is 2.33. The average molecular weight is 230 g/mol. The van der Waals surface area contributed by atoms with Gasteiger partial charge < -0.3 is 15.2 Å². The number of methoxy groups -OCH3 is 1. The number of aliphatic hydroxyl groups excluding tert-OH is 1. The van der Waals surface area contributed by atoms with Crippen molar-refractivity contribution >= 4 is 11.6 Å². The van der Waals surface area contributed by atoms with Crippen molar-refractivity contribution in [3.8, 4) is 0 Å². The van der Waals surface area contributed by atoms with Crippen LogP contribution in [0.25, 0.3) is 0 Å². The molecule has 4 heteroatoms. The van der Waals surface area contributed by atoms with Crippen LogP contribution in [0.1, 0.15) is 11.7 Å². The summed E-state index contributed by atoms with van der Waals surface area (Å²) in [7, 11) is 1.65. The smallest absolute Gasteiger partial charge is 0.0914 e. The Kier molecular flexibility index (Phi) is 5.65. The van der Waals surface area contributed by atoms with E-state index in [1.807, 2.05) is 12.1 Å². The molecule has 0 aliphatic rings. The summed E-state index contributed by atoms with van der Waals surface area (Å²) in [5, 5.41) is 13.5. The largest absolute Gasteiger partial charge is 0.387 e. The molecule has 0 heterocycles. The maximum atomic E-state index is 9.76. The van der Waals surface area contributed by atoms with Crippen LogP contribution in [0.3, 0.4) is 0 Å². The zero-order chi connectivity index (χ0) is 11.1. The minimum Gasteiger partial charge on any atom is -0.387 e. The summed E-state index contributed by atoms with van der Waals surface area (Å²) in [6, 6.07) is 7.19. The first-order valence-corrected chi connectivity index (χ1v) is 5.25. The lowest BCUT2D eigenvalue weighted by Crippen LogP contribution is -2.24. The van der Waals surface area contributed by atoms with Crippen LogP contribution in [0.5, 0.6) is 0 Å². The van der Waals surface area contributed by atoms with Crippen LogP contribution < -0.4 is 5.32 Å². The maximum absolute atomic E-state index is 9.76. The van der Waals surface area contributed by atoms with E-state index in [1.54, 1.807) is 19.2 Å². The predicted molar refractivity (Wildman–Crippen MR) is 61.2 cm³/mol. The molecular weight excluding hydrogens is 214 g/mol. The molecule has 0 aliphatic carbocycles. The standard InChI is InChI=1S/C11H16ClNO2/c1-15-7-6-13-8-11(14)9-2-4-10(12)5-3-9/h2-5,11,13-14H,6-8H2,1H3. The zero-order valence-electron chi connectivity index (χ0n) is 8.74. The molecule has 0 saturated heterocycles. The topological polar surface area (TPSA) is 41.5 Å². The van der Waals surface area contributed by atoms with Crippen LogP contribution in [0.4, 0.5) is 0 Å². The van der Waals surface area contributed by atoms with Crippen molar-refractivity contribution in [2.24, 2.45) is 0 Å². The van der Waals surface area contributed by atoms with Crippen LogP contribution in [0.2, 0.25) is 5.02 Å². The normalized spacial score (nSPS) is 12.7. The van der Waals surface area contributed by atoms with Gasteiger partial charge in [-0.3, -0.25) is 0 Å². The summed E-state index contributed by atoms with van der Waals surface area (Å²) in [6.45, 7) is 1.90. The van der Waals surface area contributed by atoms with Crippen LogP contribution in [-0.4, -0.2) is 31.9 Å². The van der Waals surface area contributed by atoms with E-state index in [0.717, 1.165) is 12.1 Å². The second-order valence-corrected chi connectivity index (χ2v) is 3.70. The van der Waals surface area contributed by atoms with Gasteiger partial charge in [0.2, 0.25) is 0 Å². The first kappa shape index (κ1) is 12.5. The van der Waals surface area contributed by atoms with Crippen LogP contribution in [0.15, 0.2) is 24.3 Å². The highest BCUT2D eigenvalue weighted by Crippen LogP contribution is 2.15. The second-order valence-electron chi connectivity index (χ2n) is 3.26. The first-order valence-electron chi connectivity index (χ1n) is 4.87. The fourth-order valence-corrected chi connectivity index (χ4v) is 1.34. The van der Waals surface area contributed by atoms with Gasteiger partial charge in [0.25, 0.3) is 0 Å². The second kappa shape index (κ2) is 6.80. The van der Waals surface area contributed by atoms with Gasteiger partial charge in [-0.25, -0.2) is 0 Å². The molecule has 1 rings (SSSR count). The summed E-state index contributed by atoms with van der Waals surface area (Å²) in [5.41, 5.74) is 0.865. The molecule has 84 valence electrons. The van der Waals surface area contributed by atoms with E-state index in [9.17, 15) is 5.11 Å². The third kappa shape index (κ3) is 4.62. The van der Waals surface area contributed by atoms with Gasteiger partial charge in [0.15, 0.2) is 0 Å². The van der Waals surface area contributed by atoms with Crippen molar-refractivity contribution in [3.63, 3.8) is 0 Å². The highest BCUT2D eigenvalue weighted by Gasteiger charge is 2.05. The Morgan fingerprint density at radius 3 is 2.67 bits per heavy atom. The van der Waals surface area contributed by atoms with E-state index in [-0.39, 0.29) is 0 Å². The number of rotatable bonds is 6. The number of benzene rings is 1. The molecule has 0 aliphatic heterocycles. The fraction of sp³-hybridized carbons (Fsp3) is 0.455. The van der Waals surface area contributed by atoms with Gasteiger partial charge in [0, 0.05) is 25.2 Å². The summed E-state index contributed by atoms with van der Waals surface area (Å²) in [6.07, 6.45) is -0.501. The van der Waals surface area contributed by atoms with Gasteiger partial charge >= 0.3 is 0 Å². The minimum atomic E-state index is -0.501. The van der Waals surface area contributed by atoms with Crippen molar-refractivity contribution in [1.82, 2.24) is 5.32 Å².